The van der Waals surface area contributed by atoms with E-state index >= 15 is 0 Å². The molecule has 3 heterocycles. The smallest absolute Gasteiger partial charge is 0.141 e. The summed E-state index contributed by atoms with van der Waals surface area (Å²) in [6.07, 6.45) is 2.78. The van der Waals surface area contributed by atoms with Crippen LogP contribution in [0.25, 0.3) is 21.3 Å². The number of rotatable bonds is 3. The van der Waals surface area contributed by atoms with Crippen molar-refractivity contribution in [3.63, 3.8) is 0 Å². The maximum absolute atomic E-state index is 4.66. The molecule has 4 rings (SSSR count). The van der Waals surface area contributed by atoms with Crippen molar-refractivity contribution >= 4 is 27.4 Å². The van der Waals surface area contributed by atoms with Gasteiger partial charge >= 0.3 is 0 Å². The van der Waals surface area contributed by atoms with Crippen LogP contribution in [0.15, 0.2) is 30.6 Å². The Kier molecular flexibility index (Phi) is 4.21. The number of piperazine rings is 1. The number of aryl methyl sites for hydroxylation is 2. The molecule has 0 saturated carbocycles. The molecule has 1 saturated heterocycles. The quantitative estimate of drug-likeness (QED) is 0.792. The second kappa shape index (κ2) is 6.49. The van der Waals surface area contributed by atoms with Crippen molar-refractivity contribution in [1.29, 1.82) is 0 Å². The molecule has 1 fully saturated rings. The maximum atomic E-state index is 4.66. The summed E-state index contributed by atoms with van der Waals surface area (Å²) in [7, 11) is 0. The zero-order valence-electron chi connectivity index (χ0n) is 14.2. The predicted molar refractivity (Wildman–Crippen MR) is 102 cm³/mol. The van der Waals surface area contributed by atoms with Crippen LogP contribution in [0.1, 0.15) is 17.4 Å². The van der Waals surface area contributed by atoms with Gasteiger partial charge < -0.3 is 10.2 Å². The highest BCUT2D eigenvalue weighted by atomic mass is 32.1. The van der Waals surface area contributed by atoms with Gasteiger partial charge in [-0.2, -0.15) is 0 Å². The standard InChI is InChI=1S/C19H22N4S/c1-3-14-4-6-15(7-5-14)16-13(2)24-19-17(16)18(21-12-22-19)23-10-8-20-9-11-23/h4-7,12,20H,3,8-11H2,1-2H3. The molecule has 3 aromatic rings. The number of thiophene rings is 1. The van der Waals surface area contributed by atoms with E-state index in [0.717, 1.165) is 43.2 Å². The number of benzene rings is 1. The second-order valence-electron chi connectivity index (χ2n) is 6.20. The first-order valence-corrected chi connectivity index (χ1v) is 9.38. The number of anilines is 1. The summed E-state index contributed by atoms with van der Waals surface area (Å²) in [5.74, 6) is 1.08. The minimum Gasteiger partial charge on any atom is -0.353 e. The third-order valence-electron chi connectivity index (χ3n) is 4.71. The largest absolute Gasteiger partial charge is 0.353 e. The highest BCUT2D eigenvalue weighted by Gasteiger charge is 2.21. The molecular weight excluding hydrogens is 316 g/mol. The van der Waals surface area contributed by atoms with Crippen molar-refractivity contribution in [2.45, 2.75) is 20.3 Å². The van der Waals surface area contributed by atoms with E-state index in [9.17, 15) is 0 Å². The Morgan fingerprint density at radius 2 is 1.88 bits per heavy atom. The SMILES string of the molecule is CCc1ccc(-c2c(C)sc3ncnc(N4CCNCC4)c23)cc1. The fourth-order valence-electron chi connectivity index (χ4n) is 3.40. The highest BCUT2D eigenvalue weighted by Crippen LogP contribution is 2.41. The van der Waals surface area contributed by atoms with Crippen LogP contribution >= 0.6 is 11.3 Å². The molecule has 124 valence electrons. The summed E-state index contributed by atoms with van der Waals surface area (Å²) >= 11 is 1.77. The number of fused-ring (bicyclic) bond motifs is 1. The van der Waals surface area contributed by atoms with Crippen LogP contribution in [0, 0.1) is 6.92 Å². The minimum atomic E-state index is 0.995. The van der Waals surface area contributed by atoms with Gasteiger partial charge in [0.15, 0.2) is 0 Å². The number of hydrogen-bond acceptors (Lipinski definition) is 5. The topological polar surface area (TPSA) is 41.1 Å². The number of nitrogens with zero attached hydrogens (tertiary/aromatic N) is 3. The lowest BCUT2D eigenvalue weighted by molar-refractivity contribution is 0.586. The van der Waals surface area contributed by atoms with Crippen molar-refractivity contribution in [2.75, 3.05) is 31.1 Å². The Morgan fingerprint density at radius 1 is 1.12 bits per heavy atom. The molecule has 0 aliphatic carbocycles. The van der Waals surface area contributed by atoms with Crippen molar-refractivity contribution in [2.24, 2.45) is 0 Å². The Balaban J connectivity index is 1.89. The van der Waals surface area contributed by atoms with Crippen LogP contribution in [0.2, 0.25) is 0 Å². The molecule has 1 aromatic carbocycles. The van der Waals surface area contributed by atoms with Crippen molar-refractivity contribution in [3.8, 4) is 11.1 Å². The van der Waals surface area contributed by atoms with E-state index in [0.29, 0.717) is 0 Å². The number of aromatic nitrogens is 2. The fraction of sp³-hybridized carbons (Fsp3) is 0.368. The van der Waals surface area contributed by atoms with Gasteiger partial charge in [0, 0.05) is 36.6 Å². The van der Waals surface area contributed by atoms with Gasteiger partial charge in [0.1, 0.15) is 17.0 Å². The van der Waals surface area contributed by atoms with Crippen molar-refractivity contribution < 1.29 is 0 Å². The monoisotopic (exact) mass is 338 g/mol. The van der Waals surface area contributed by atoms with E-state index in [1.54, 1.807) is 17.7 Å². The first-order chi connectivity index (χ1) is 11.8. The summed E-state index contributed by atoms with van der Waals surface area (Å²) in [5, 5.41) is 4.63. The average Bonchev–Trinajstić information content (AvgIpc) is 2.98. The van der Waals surface area contributed by atoms with Gasteiger partial charge in [0.05, 0.1) is 5.39 Å². The van der Waals surface area contributed by atoms with E-state index in [-0.39, 0.29) is 0 Å². The first-order valence-electron chi connectivity index (χ1n) is 8.57. The molecule has 4 nitrogen and oxygen atoms in total. The zero-order valence-corrected chi connectivity index (χ0v) is 15.0. The van der Waals surface area contributed by atoms with E-state index in [2.05, 4.69) is 58.3 Å². The normalized spacial score (nSPS) is 15.2. The number of nitrogens with one attached hydrogen (secondary N) is 1. The molecule has 1 aliphatic heterocycles. The van der Waals surface area contributed by atoms with E-state index in [4.69, 9.17) is 0 Å². The van der Waals surface area contributed by atoms with Gasteiger partial charge in [0.2, 0.25) is 0 Å². The third kappa shape index (κ3) is 2.68. The Hall–Kier alpha value is -1.98. The molecule has 0 unspecified atom stereocenters. The molecule has 1 N–H and O–H groups in total. The van der Waals surface area contributed by atoms with Crippen molar-refractivity contribution in [3.05, 3.63) is 41.0 Å². The molecule has 24 heavy (non-hydrogen) atoms. The lowest BCUT2D eigenvalue weighted by Crippen LogP contribution is -2.44. The minimum absolute atomic E-state index is 0.995. The van der Waals surface area contributed by atoms with Crippen LogP contribution in [-0.2, 0) is 6.42 Å². The summed E-state index contributed by atoms with van der Waals surface area (Å²) in [6.45, 7) is 8.39. The lowest BCUT2D eigenvalue weighted by atomic mass is 10.0. The lowest BCUT2D eigenvalue weighted by Gasteiger charge is -2.29. The summed E-state index contributed by atoms with van der Waals surface area (Å²) in [5.41, 5.74) is 3.93. The van der Waals surface area contributed by atoms with Gasteiger partial charge in [-0.25, -0.2) is 9.97 Å². The predicted octanol–water partition coefficient (Wildman–Crippen LogP) is 3.64. The average molecular weight is 338 g/mol. The first kappa shape index (κ1) is 15.5. The van der Waals surface area contributed by atoms with Gasteiger partial charge in [-0.15, -0.1) is 11.3 Å². The van der Waals surface area contributed by atoms with Crippen LogP contribution in [-0.4, -0.2) is 36.1 Å². The van der Waals surface area contributed by atoms with Crippen LogP contribution in [0.4, 0.5) is 5.82 Å². The van der Waals surface area contributed by atoms with Crippen LogP contribution < -0.4 is 10.2 Å². The molecule has 0 amide bonds. The van der Waals surface area contributed by atoms with E-state index in [1.807, 2.05) is 0 Å². The Labute approximate surface area is 146 Å². The van der Waals surface area contributed by atoms with E-state index < -0.39 is 0 Å². The number of hydrogen-bond donors (Lipinski definition) is 1. The van der Waals surface area contributed by atoms with Crippen molar-refractivity contribution in [1.82, 2.24) is 15.3 Å². The molecule has 0 bridgehead atoms. The summed E-state index contributed by atoms with van der Waals surface area (Å²) in [4.78, 5) is 14.0. The molecular formula is C19H22N4S. The maximum Gasteiger partial charge on any atom is 0.141 e. The fourth-order valence-corrected chi connectivity index (χ4v) is 4.41. The van der Waals surface area contributed by atoms with Crippen LogP contribution in [0.5, 0.6) is 0 Å². The molecule has 0 spiro atoms. The van der Waals surface area contributed by atoms with Gasteiger partial charge in [0.25, 0.3) is 0 Å². The van der Waals surface area contributed by atoms with Gasteiger partial charge in [-0.1, -0.05) is 31.2 Å². The van der Waals surface area contributed by atoms with E-state index in [1.165, 1.54) is 27.0 Å². The zero-order chi connectivity index (χ0) is 16.5. The molecule has 2 aromatic heterocycles. The molecule has 0 radical (unpaired) electrons. The molecule has 1 aliphatic rings. The third-order valence-corrected chi connectivity index (χ3v) is 5.72. The molecule has 0 atom stereocenters. The van der Waals surface area contributed by atoms with Gasteiger partial charge in [-0.3, -0.25) is 0 Å². The van der Waals surface area contributed by atoms with Gasteiger partial charge in [-0.05, 0) is 24.5 Å². The Morgan fingerprint density at radius 3 is 2.58 bits per heavy atom. The summed E-state index contributed by atoms with van der Waals surface area (Å²) < 4.78 is 0. The molecule has 5 heteroatoms. The highest BCUT2D eigenvalue weighted by molar-refractivity contribution is 7.19. The second-order valence-corrected chi connectivity index (χ2v) is 7.40. The Bertz CT molecular complexity index is 848. The van der Waals surface area contributed by atoms with Crippen LogP contribution in [0.3, 0.4) is 0 Å². The summed E-state index contributed by atoms with van der Waals surface area (Å²) in [6, 6.07) is 8.93.